The minimum absolute atomic E-state index is 0.0574. The Labute approximate surface area is 512 Å². The monoisotopic (exact) mass is 1130 g/mol. The standard InChI is InChI=1S/C28H38O.C27H36O.C26H36O/c1-19(2)23-9-7-8-10-24(23)27(29)25-18-22(15-16-26(25)28(4,5)6)14-13-21-12-11-20(3)17-21;1-18(2)22-9-7-8-10-23(22)26(28)24-17-21(13-14-25(24)27(4,5)6)16-20-12-11-19(3)15-20;1-18(2)11-10-12-20-15-16-24(26(5,6)7)23(17-20)25(27)22-14-9-8-13-21(22)19(3)4/h7-10,15-16,18-21H,11-14,17H2,1-6H3;7-10,13-14,17-20H,11-12,15-16H2,1-6H3;8-9,13-19H,10-12H2,1-7H3. The molecule has 2 fully saturated rings. The fraction of sp³-hybridized carbons (Fsp3) is 0.519. The van der Waals surface area contributed by atoms with Gasteiger partial charge >= 0.3 is 0 Å². The summed E-state index contributed by atoms with van der Waals surface area (Å²) in [7, 11) is 0. The van der Waals surface area contributed by atoms with Crippen molar-refractivity contribution in [2.24, 2.45) is 29.6 Å². The molecule has 0 amide bonds. The molecule has 6 aromatic rings. The van der Waals surface area contributed by atoms with Crippen molar-refractivity contribution in [3.05, 3.63) is 211 Å². The van der Waals surface area contributed by atoms with Crippen LogP contribution in [0.4, 0.5) is 0 Å². The van der Waals surface area contributed by atoms with Gasteiger partial charge in [-0.25, -0.2) is 0 Å². The van der Waals surface area contributed by atoms with Crippen molar-refractivity contribution >= 4 is 17.3 Å². The number of aryl methyl sites for hydroxylation is 2. The van der Waals surface area contributed by atoms with Crippen LogP contribution in [0, 0.1) is 29.6 Å². The first-order valence-electron chi connectivity index (χ1n) is 32.7. The molecule has 2 saturated carbocycles. The summed E-state index contributed by atoms with van der Waals surface area (Å²) in [5, 5.41) is 0. The van der Waals surface area contributed by atoms with E-state index in [9.17, 15) is 14.4 Å². The van der Waals surface area contributed by atoms with Crippen molar-refractivity contribution in [3.8, 4) is 0 Å². The van der Waals surface area contributed by atoms with E-state index in [-0.39, 0.29) is 33.6 Å². The highest BCUT2D eigenvalue weighted by atomic mass is 16.1. The number of rotatable bonds is 18. The van der Waals surface area contributed by atoms with Gasteiger partial charge in [0.1, 0.15) is 0 Å². The van der Waals surface area contributed by atoms with Gasteiger partial charge in [0.25, 0.3) is 0 Å². The van der Waals surface area contributed by atoms with Gasteiger partial charge in [-0.15, -0.1) is 0 Å². The molecule has 84 heavy (non-hydrogen) atoms. The zero-order valence-electron chi connectivity index (χ0n) is 56.0. The van der Waals surface area contributed by atoms with Crippen LogP contribution in [0.3, 0.4) is 0 Å². The summed E-state index contributed by atoms with van der Waals surface area (Å²) < 4.78 is 0. The molecule has 0 radical (unpaired) electrons. The van der Waals surface area contributed by atoms with Crippen LogP contribution < -0.4 is 0 Å². The molecule has 0 aromatic heterocycles. The minimum atomic E-state index is -0.0613. The Balaban J connectivity index is 0.000000202. The Kier molecular flexibility index (Phi) is 23.8. The van der Waals surface area contributed by atoms with Gasteiger partial charge in [0.2, 0.25) is 0 Å². The van der Waals surface area contributed by atoms with Crippen molar-refractivity contribution in [3.63, 3.8) is 0 Å². The smallest absolute Gasteiger partial charge is 0.193 e. The van der Waals surface area contributed by atoms with Crippen molar-refractivity contribution in [2.45, 2.75) is 243 Å². The molecule has 0 bridgehead atoms. The Bertz CT molecular complexity index is 3140. The normalized spacial score (nSPS) is 17.3. The van der Waals surface area contributed by atoms with Crippen LogP contribution in [-0.2, 0) is 35.5 Å². The third-order valence-corrected chi connectivity index (χ3v) is 18.1. The predicted octanol–water partition coefficient (Wildman–Crippen LogP) is 22.3. The van der Waals surface area contributed by atoms with E-state index in [1.807, 2.05) is 54.6 Å². The van der Waals surface area contributed by atoms with Gasteiger partial charge < -0.3 is 0 Å². The molecular formula is C81H110O3. The van der Waals surface area contributed by atoms with Crippen molar-refractivity contribution in [1.82, 2.24) is 0 Å². The SMILES string of the molecule is CC(C)CCCc1ccc(C(C)(C)C)c(C(=O)c2ccccc2C(C)C)c1.CC1CCC(CCc2ccc(C(C)(C)C)c(C(=O)c3ccccc3C(C)C)c2)C1.CC1CCC(Cc2ccc(C(C)(C)C)c(C(=O)c3ccccc3C(C)C)c2)C1. The predicted molar refractivity (Wildman–Crippen MR) is 360 cm³/mol. The van der Waals surface area contributed by atoms with Crippen LogP contribution in [0.1, 0.15) is 305 Å². The van der Waals surface area contributed by atoms with Gasteiger partial charge in [0.05, 0.1) is 0 Å². The summed E-state index contributed by atoms with van der Waals surface area (Å²) >= 11 is 0. The van der Waals surface area contributed by atoms with Gasteiger partial charge in [-0.3, -0.25) is 14.4 Å². The highest BCUT2D eigenvalue weighted by molar-refractivity contribution is 6.12. The second-order valence-corrected chi connectivity index (χ2v) is 30.2. The minimum Gasteiger partial charge on any atom is -0.289 e. The second-order valence-electron chi connectivity index (χ2n) is 30.2. The van der Waals surface area contributed by atoms with Crippen LogP contribution >= 0.6 is 0 Å². The maximum Gasteiger partial charge on any atom is 0.193 e. The summed E-state index contributed by atoms with van der Waals surface area (Å²) in [6, 6.07) is 44.2. The molecule has 3 nitrogen and oxygen atoms in total. The lowest BCUT2D eigenvalue weighted by atomic mass is 9.79. The summed E-state index contributed by atoms with van der Waals surface area (Å²) in [4.78, 5) is 40.9. The van der Waals surface area contributed by atoms with E-state index in [1.54, 1.807) is 0 Å². The molecule has 0 N–H and O–H groups in total. The number of hydrogen-bond donors (Lipinski definition) is 0. The summed E-state index contributed by atoms with van der Waals surface area (Å²) in [5.41, 5.74) is 15.8. The van der Waals surface area contributed by atoms with Crippen LogP contribution in [0.5, 0.6) is 0 Å². The van der Waals surface area contributed by atoms with Crippen LogP contribution in [0.2, 0.25) is 0 Å². The molecule has 4 unspecified atom stereocenters. The molecule has 0 saturated heterocycles. The van der Waals surface area contributed by atoms with Crippen molar-refractivity contribution in [1.29, 1.82) is 0 Å². The summed E-state index contributed by atoms with van der Waals surface area (Å²) in [5.74, 6) is 5.58. The lowest BCUT2D eigenvalue weighted by Crippen LogP contribution is -2.19. The quantitative estimate of drug-likeness (QED) is 0.0806. The van der Waals surface area contributed by atoms with Gasteiger partial charge in [-0.05, 0) is 183 Å². The molecule has 0 aliphatic heterocycles. The van der Waals surface area contributed by atoms with Crippen LogP contribution in [0.25, 0.3) is 0 Å². The first-order valence-corrected chi connectivity index (χ1v) is 32.7. The van der Waals surface area contributed by atoms with Gasteiger partial charge in [0.15, 0.2) is 17.3 Å². The second kappa shape index (κ2) is 29.6. The first-order chi connectivity index (χ1) is 39.4. The fourth-order valence-corrected chi connectivity index (χ4v) is 13.3. The molecule has 6 aromatic carbocycles. The van der Waals surface area contributed by atoms with Gasteiger partial charge in [-0.1, -0.05) is 266 Å². The molecule has 4 atom stereocenters. The molecule has 0 heterocycles. The maximum atomic E-state index is 13.7. The van der Waals surface area contributed by atoms with Crippen LogP contribution in [0.15, 0.2) is 127 Å². The topological polar surface area (TPSA) is 51.2 Å². The number of ketones is 3. The summed E-state index contributed by atoms with van der Waals surface area (Å²) in [6.07, 6.45) is 15.0. The number of hydrogen-bond acceptors (Lipinski definition) is 3. The molecule has 2 aliphatic rings. The molecule has 452 valence electrons. The number of carbonyl (C=O) groups is 3. The Morgan fingerprint density at radius 2 is 0.738 bits per heavy atom. The molecule has 3 heteroatoms. The average molecular weight is 1130 g/mol. The first kappa shape index (κ1) is 67.5. The van der Waals surface area contributed by atoms with E-state index in [4.69, 9.17) is 0 Å². The summed E-state index contributed by atoms with van der Waals surface area (Å²) in [6.45, 7) is 42.0. The van der Waals surface area contributed by atoms with Crippen LogP contribution in [-0.4, -0.2) is 17.3 Å². The highest BCUT2D eigenvalue weighted by Crippen LogP contribution is 2.38. The molecule has 2 aliphatic carbocycles. The van der Waals surface area contributed by atoms with Crippen molar-refractivity contribution < 1.29 is 14.4 Å². The van der Waals surface area contributed by atoms with E-state index in [1.165, 1.54) is 74.5 Å². The van der Waals surface area contributed by atoms with Gasteiger partial charge in [0, 0.05) is 33.4 Å². The lowest BCUT2D eigenvalue weighted by molar-refractivity contribution is 0.102. The van der Waals surface area contributed by atoms with E-state index >= 15 is 0 Å². The Morgan fingerprint density at radius 1 is 0.405 bits per heavy atom. The van der Waals surface area contributed by atoms with E-state index < -0.39 is 0 Å². The number of benzene rings is 6. The zero-order valence-corrected chi connectivity index (χ0v) is 56.0. The Morgan fingerprint density at radius 3 is 1.07 bits per heavy atom. The average Bonchev–Trinajstić information content (AvgIpc) is 3.91. The lowest BCUT2D eigenvalue weighted by Gasteiger charge is -2.24. The fourth-order valence-electron chi connectivity index (χ4n) is 13.3. The maximum absolute atomic E-state index is 13.7. The Hall–Kier alpha value is -5.67. The van der Waals surface area contributed by atoms with Crippen molar-refractivity contribution in [2.75, 3.05) is 0 Å². The largest absolute Gasteiger partial charge is 0.289 e. The van der Waals surface area contributed by atoms with E-state index in [0.717, 1.165) is 116 Å². The third kappa shape index (κ3) is 18.4. The number of carbonyl (C=O) groups excluding carboxylic acids is 3. The zero-order chi connectivity index (χ0) is 61.8. The van der Waals surface area contributed by atoms with Gasteiger partial charge in [-0.2, -0.15) is 0 Å². The third-order valence-electron chi connectivity index (χ3n) is 18.1. The molecule has 0 spiro atoms. The highest BCUT2D eigenvalue weighted by Gasteiger charge is 2.30. The van der Waals surface area contributed by atoms with E-state index in [2.05, 4.69) is 204 Å². The molecular weight excluding hydrogens is 1020 g/mol. The molecule has 8 rings (SSSR count). The van der Waals surface area contributed by atoms with E-state index in [0.29, 0.717) is 17.8 Å².